The summed E-state index contributed by atoms with van der Waals surface area (Å²) in [6, 6.07) is 22.0. The Morgan fingerprint density at radius 3 is 2.40 bits per heavy atom. The first kappa shape index (κ1) is 20.3. The van der Waals surface area contributed by atoms with E-state index in [-0.39, 0.29) is 12.5 Å². The van der Waals surface area contributed by atoms with E-state index in [0.29, 0.717) is 11.5 Å². The van der Waals surface area contributed by atoms with Crippen molar-refractivity contribution >= 4 is 5.91 Å². The van der Waals surface area contributed by atoms with Crippen molar-refractivity contribution in [2.24, 2.45) is 5.92 Å². The van der Waals surface area contributed by atoms with Gasteiger partial charge < -0.3 is 10.0 Å². The first-order valence-electron chi connectivity index (χ1n) is 10.7. The van der Waals surface area contributed by atoms with Crippen molar-refractivity contribution in [2.75, 3.05) is 13.1 Å². The molecule has 154 valence electrons. The van der Waals surface area contributed by atoms with E-state index in [1.54, 1.807) is 6.20 Å². The standard InChI is InChI=1S/C26H28N2O2/c29-19-23-8-4-5-9-24(23)25-13-12-22(18-27-25)26(30)28-16-14-21(15-17-28)11-10-20-6-2-1-3-7-20/h1-9,12-13,18,21,29H,10-11,14-17,19H2. The van der Waals surface area contributed by atoms with E-state index in [9.17, 15) is 9.90 Å². The molecule has 0 radical (unpaired) electrons. The second-order valence-corrected chi connectivity index (χ2v) is 8.01. The Bertz CT molecular complexity index is 962. The number of carbonyl (C=O) groups excluding carboxylic acids is 1. The van der Waals surface area contributed by atoms with Crippen LogP contribution in [0.2, 0.25) is 0 Å². The number of nitrogens with zero attached hydrogens (tertiary/aromatic N) is 2. The molecule has 4 rings (SSSR count). The highest BCUT2D eigenvalue weighted by Crippen LogP contribution is 2.25. The molecule has 2 heterocycles. The summed E-state index contributed by atoms with van der Waals surface area (Å²) in [5, 5.41) is 9.53. The molecule has 1 fully saturated rings. The number of aliphatic hydroxyl groups excluding tert-OH is 1. The average Bonchev–Trinajstić information content (AvgIpc) is 2.83. The monoisotopic (exact) mass is 400 g/mol. The number of pyridine rings is 1. The van der Waals surface area contributed by atoms with Crippen LogP contribution in [0, 0.1) is 5.92 Å². The number of aliphatic hydroxyl groups is 1. The van der Waals surface area contributed by atoms with Crippen LogP contribution in [0.3, 0.4) is 0 Å². The van der Waals surface area contributed by atoms with Crippen LogP contribution in [0.1, 0.15) is 40.7 Å². The van der Waals surface area contributed by atoms with Crippen LogP contribution in [-0.4, -0.2) is 34.0 Å². The Kier molecular flexibility index (Phi) is 6.55. The second-order valence-electron chi connectivity index (χ2n) is 8.01. The Morgan fingerprint density at radius 1 is 0.967 bits per heavy atom. The van der Waals surface area contributed by atoms with Gasteiger partial charge in [0.25, 0.3) is 5.91 Å². The Morgan fingerprint density at radius 2 is 1.70 bits per heavy atom. The molecule has 0 atom stereocenters. The molecule has 0 bridgehead atoms. The van der Waals surface area contributed by atoms with Crippen LogP contribution in [0.25, 0.3) is 11.3 Å². The van der Waals surface area contributed by atoms with Crippen LogP contribution in [0.15, 0.2) is 72.9 Å². The van der Waals surface area contributed by atoms with Crippen LogP contribution in [0.5, 0.6) is 0 Å². The number of likely N-dealkylation sites (tertiary alicyclic amines) is 1. The van der Waals surface area contributed by atoms with Crippen molar-refractivity contribution < 1.29 is 9.90 Å². The van der Waals surface area contributed by atoms with Gasteiger partial charge in [0.05, 0.1) is 17.9 Å². The molecule has 1 amide bonds. The van der Waals surface area contributed by atoms with Crippen molar-refractivity contribution in [1.29, 1.82) is 0 Å². The topological polar surface area (TPSA) is 53.4 Å². The van der Waals surface area contributed by atoms with E-state index in [0.717, 1.165) is 49.2 Å². The summed E-state index contributed by atoms with van der Waals surface area (Å²) in [5.74, 6) is 0.746. The third kappa shape index (κ3) is 4.77. The SMILES string of the molecule is O=C(c1ccc(-c2ccccc2CO)nc1)N1CCC(CCc2ccccc2)CC1. The summed E-state index contributed by atoms with van der Waals surface area (Å²) >= 11 is 0. The van der Waals surface area contributed by atoms with E-state index >= 15 is 0 Å². The number of aromatic nitrogens is 1. The van der Waals surface area contributed by atoms with Crippen molar-refractivity contribution in [3.05, 3.63) is 89.6 Å². The maximum absolute atomic E-state index is 12.9. The molecule has 3 aromatic rings. The van der Waals surface area contributed by atoms with Gasteiger partial charge in [0.2, 0.25) is 0 Å². The highest BCUT2D eigenvalue weighted by atomic mass is 16.3. The minimum Gasteiger partial charge on any atom is -0.392 e. The number of hydrogen-bond acceptors (Lipinski definition) is 3. The lowest BCUT2D eigenvalue weighted by Gasteiger charge is -2.32. The van der Waals surface area contributed by atoms with Crippen molar-refractivity contribution in [2.45, 2.75) is 32.3 Å². The minimum absolute atomic E-state index is 0.0300. The Hall–Kier alpha value is -2.98. The average molecular weight is 401 g/mol. The fraction of sp³-hybridized carbons (Fsp3) is 0.308. The van der Waals surface area contributed by atoms with Gasteiger partial charge in [-0.25, -0.2) is 0 Å². The summed E-state index contributed by atoms with van der Waals surface area (Å²) in [7, 11) is 0. The second kappa shape index (κ2) is 9.68. The zero-order valence-electron chi connectivity index (χ0n) is 17.2. The van der Waals surface area contributed by atoms with E-state index in [1.165, 1.54) is 12.0 Å². The highest BCUT2D eigenvalue weighted by molar-refractivity contribution is 5.94. The number of amides is 1. The van der Waals surface area contributed by atoms with Crippen LogP contribution in [-0.2, 0) is 13.0 Å². The van der Waals surface area contributed by atoms with Crippen molar-refractivity contribution in [1.82, 2.24) is 9.88 Å². The summed E-state index contributed by atoms with van der Waals surface area (Å²) in [4.78, 5) is 19.4. The molecule has 1 aliphatic heterocycles. The number of rotatable bonds is 6. The summed E-state index contributed by atoms with van der Waals surface area (Å²) < 4.78 is 0. The zero-order valence-corrected chi connectivity index (χ0v) is 17.2. The highest BCUT2D eigenvalue weighted by Gasteiger charge is 2.23. The van der Waals surface area contributed by atoms with Gasteiger partial charge in [-0.1, -0.05) is 54.6 Å². The fourth-order valence-corrected chi connectivity index (χ4v) is 4.21. The maximum Gasteiger partial charge on any atom is 0.255 e. The Balaban J connectivity index is 1.33. The van der Waals surface area contributed by atoms with Crippen molar-refractivity contribution in [3.8, 4) is 11.3 Å². The molecule has 4 nitrogen and oxygen atoms in total. The molecule has 0 spiro atoms. The number of aryl methyl sites for hydroxylation is 1. The Labute approximate surface area is 178 Å². The van der Waals surface area contributed by atoms with Gasteiger partial charge in [-0.05, 0) is 54.9 Å². The van der Waals surface area contributed by atoms with Gasteiger partial charge >= 0.3 is 0 Å². The van der Waals surface area contributed by atoms with Gasteiger partial charge in [-0.3, -0.25) is 9.78 Å². The lowest BCUT2D eigenvalue weighted by Crippen LogP contribution is -2.38. The van der Waals surface area contributed by atoms with E-state index in [4.69, 9.17) is 0 Å². The molecule has 1 aliphatic rings. The third-order valence-corrected chi connectivity index (χ3v) is 6.06. The van der Waals surface area contributed by atoms with Gasteiger partial charge in [-0.2, -0.15) is 0 Å². The van der Waals surface area contributed by atoms with Gasteiger partial charge in [0.15, 0.2) is 0 Å². The van der Waals surface area contributed by atoms with Crippen LogP contribution in [0.4, 0.5) is 0 Å². The number of piperidine rings is 1. The number of hydrogen-bond donors (Lipinski definition) is 1. The molecular weight excluding hydrogens is 372 g/mol. The molecule has 1 N–H and O–H groups in total. The molecule has 4 heteroatoms. The largest absolute Gasteiger partial charge is 0.392 e. The van der Waals surface area contributed by atoms with E-state index in [2.05, 4.69) is 35.3 Å². The minimum atomic E-state index is -0.0300. The molecule has 0 aliphatic carbocycles. The molecule has 1 aromatic heterocycles. The zero-order chi connectivity index (χ0) is 20.8. The molecule has 0 unspecified atom stereocenters. The molecular formula is C26H28N2O2. The lowest BCUT2D eigenvalue weighted by atomic mass is 9.90. The summed E-state index contributed by atoms with van der Waals surface area (Å²) in [5.41, 5.74) is 4.53. The molecule has 2 aromatic carbocycles. The quantitative estimate of drug-likeness (QED) is 0.651. The van der Waals surface area contributed by atoms with E-state index in [1.807, 2.05) is 41.3 Å². The number of carbonyl (C=O) groups is 1. The normalized spacial score (nSPS) is 14.6. The molecule has 1 saturated heterocycles. The van der Waals surface area contributed by atoms with Gasteiger partial charge in [0, 0.05) is 24.8 Å². The number of benzene rings is 2. The predicted octanol–water partition coefficient (Wildman–Crippen LogP) is 4.73. The third-order valence-electron chi connectivity index (χ3n) is 6.06. The van der Waals surface area contributed by atoms with Gasteiger partial charge in [0.1, 0.15) is 0 Å². The van der Waals surface area contributed by atoms with Crippen LogP contribution >= 0.6 is 0 Å². The van der Waals surface area contributed by atoms with Gasteiger partial charge in [-0.15, -0.1) is 0 Å². The summed E-state index contributed by atoms with van der Waals surface area (Å²) in [6.07, 6.45) is 6.09. The van der Waals surface area contributed by atoms with Crippen molar-refractivity contribution in [3.63, 3.8) is 0 Å². The van der Waals surface area contributed by atoms with E-state index < -0.39 is 0 Å². The fourth-order valence-electron chi connectivity index (χ4n) is 4.21. The maximum atomic E-state index is 12.9. The first-order chi connectivity index (χ1) is 14.7. The van der Waals surface area contributed by atoms with Crippen LogP contribution < -0.4 is 0 Å². The predicted molar refractivity (Wildman–Crippen MR) is 119 cm³/mol. The summed E-state index contributed by atoms with van der Waals surface area (Å²) in [6.45, 7) is 1.60. The molecule has 0 saturated carbocycles. The lowest BCUT2D eigenvalue weighted by molar-refractivity contribution is 0.0686. The smallest absolute Gasteiger partial charge is 0.255 e. The first-order valence-corrected chi connectivity index (χ1v) is 10.7. The molecule has 30 heavy (non-hydrogen) atoms.